The number of benzene rings is 2. The number of hydrogen-bond donors (Lipinski definition) is 1. The summed E-state index contributed by atoms with van der Waals surface area (Å²) in [6.07, 6.45) is 2.23. The number of nitrogens with one attached hydrogen (secondary N) is 1. The Morgan fingerprint density at radius 3 is 2.20 bits per heavy atom. The first kappa shape index (κ1) is 27.2. The monoisotopic (exact) mass is 497 g/mol. The minimum atomic E-state index is 0. The molecule has 4 rings (SSSR count). The summed E-state index contributed by atoms with van der Waals surface area (Å²) in [7, 11) is 0. The topological polar surface area (TPSA) is 53.4 Å². The fourth-order valence-corrected chi connectivity index (χ4v) is 5.03. The Balaban J connectivity index is 0.00000342. The van der Waals surface area contributed by atoms with Crippen molar-refractivity contribution in [2.45, 2.75) is 47.1 Å². The zero-order valence-corrected chi connectivity index (χ0v) is 22.5. The standard InChI is InChI=1S/C28H39N5O.ClH/c1-5-31(6-2)18-12-11-17-29-23-15-16-24-26-25(23)28(34)22-14-10-9-13-21(22)27(26)30-33(24)20-19-32(7-3)8-4;/h9-10,13-16,29H,5-8,11-12,17-20H2,1-4H3;1H. The molecular weight excluding hydrogens is 458 g/mol. The molecule has 1 aliphatic rings. The number of rotatable bonds is 13. The zero-order chi connectivity index (χ0) is 24.1. The van der Waals surface area contributed by atoms with Crippen LogP contribution in [-0.2, 0) is 6.54 Å². The lowest BCUT2D eigenvalue weighted by atomic mass is 9.86. The highest BCUT2D eigenvalue weighted by Crippen LogP contribution is 2.41. The number of hydrogen-bond acceptors (Lipinski definition) is 5. The maximum Gasteiger partial charge on any atom is 0.196 e. The molecule has 2 aromatic carbocycles. The summed E-state index contributed by atoms with van der Waals surface area (Å²) in [5.41, 5.74) is 5.39. The molecule has 0 spiro atoms. The van der Waals surface area contributed by atoms with Crippen LogP contribution in [0.1, 0.15) is 56.5 Å². The van der Waals surface area contributed by atoms with E-state index in [1.54, 1.807) is 0 Å². The second-order valence-corrected chi connectivity index (χ2v) is 9.02. The summed E-state index contributed by atoms with van der Waals surface area (Å²) in [6, 6.07) is 12.1. The largest absolute Gasteiger partial charge is 0.384 e. The van der Waals surface area contributed by atoms with E-state index in [9.17, 15) is 4.79 Å². The van der Waals surface area contributed by atoms with Crippen LogP contribution in [0.2, 0.25) is 0 Å². The Hall–Kier alpha value is -2.41. The van der Waals surface area contributed by atoms with E-state index in [1.165, 1.54) is 0 Å². The normalized spacial score (nSPS) is 12.3. The molecule has 7 heteroatoms. The van der Waals surface area contributed by atoms with Crippen molar-refractivity contribution in [2.75, 3.05) is 51.1 Å². The quantitative estimate of drug-likeness (QED) is 0.245. The molecule has 1 aliphatic carbocycles. The van der Waals surface area contributed by atoms with E-state index in [0.29, 0.717) is 0 Å². The van der Waals surface area contributed by atoms with Gasteiger partial charge in [0.1, 0.15) is 5.69 Å². The zero-order valence-electron chi connectivity index (χ0n) is 21.6. The first-order chi connectivity index (χ1) is 16.6. The van der Waals surface area contributed by atoms with Crippen molar-refractivity contribution in [1.29, 1.82) is 0 Å². The van der Waals surface area contributed by atoms with Crippen LogP contribution in [0.3, 0.4) is 0 Å². The number of halogens is 1. The Morgan fingerprint density at radius 2 is 1.51 bits per heavy atom. The van der Waals surface area contributed by atoms with Crippen LogP contribution in [0.15, 0.2) is 36.4 Å². The Labute approximate surface area is 216 Å². The van der Waals surface area contributed by atoms with E-state index < -0.39 is 0 Å². The summed E-state index contributed by atoms with van der Waals surface area (Å²) in [6.45, 7) is 16.8. The SMILES string of the molecule is CCN(CC)CCCCNc1ccc2c3c(nn2CCN(CC)CC)-c2ccccc2C(=O)c13.Cl. The lowest BCUT2D eigenvalue weighted by Gasteiger charge is -2.20. The summed E-state index contributed by atoms with van der Waals surface area (Å²) in [5, 5.41) is 9.61. The van der Waals surface area contributed by atoms with Gasteiger partial charge < -0.3 is 15.1 Å². The average Bonchev–Trinajstić information content (AvgIpc) is 3.24. The Bertz CT molecular complexity index is 1130. The first-order valence-electron chi connectivity index (χ1n) is 13.0. The van der Waals surface area contributed by atoms with E-state index in [-0.39, 0.29) is 18.2 Å². The first-order valence-corrected chi connectivity index (χ1v) is 13.0. The molecule has 6 nitrogen and oxygen atoms in total. The Morgan fingerprint density at radius 1 is 0.857 bits per heavy atom. The number of likely N-dealkylation sites (N-methyl/N-ethyl adjacent to an activating group) is 1. The smallest absolute Gasteiger partial charge is 0.196 e. The fraction of sp³-hybridized carbons (Fsp3) is 0.500. The molecule has 1 heterocycles. The molecule has 0 fully saturated rings. The maximum absolute atomic E-state index is 13.6. The predicted molar refractivity (Wildman–Crippen MR) is 149 cm³/mol. The van der Waals surface area contributed by atoms with Gasteiger partial charge in [-0.05, 0) is 57.7 Å². The number of unbranched alkanes of at least 4 members (excludes halogenated alkanes) is 1. The van der Waals surface area contributed by atoms with Gasteiger partial charge >= 0.3 is 0 Å². The van der Waals surface area contributed by atoms with Gasteiger partial charge in [0.25, 0.3) is 0 Å². The molecule has 1 N–H and O–H groups in total. The van der Waals surface area contributed by atoms with Crippen molar-refractivity contribution in [3.63, 3.8) is 0 Å². The van der Waals surface area contributed by atoms with Gasteiger partial charge in [0.15, 0.2) is 5.78 Å². The van der Waals surface area contributed by atoms with Crippen molar-refractivity contribution < 1.29 is 4.79 Å². The van der Waals surface area contributed by atoms with Crippen LogP contribution in [0.25, 0.3) is 22.2 Å². The predicted octanol–water partition coefficient (Wildman–Crippen LogP) is 5.55. The van der Waals surface area contributed by atoms with E-state index in [0.717, 1.165) is 104 Å². The van der Waals surface area contributed by atoms with Crippen LogP contribution in [0.5, 0.6) is 0 Å². The van der Waals surface area contributed by atoms with Crippen molar-refractivity contribution in [3.8, 4) is 11.3 Å². The van der Waals surface area contributed by atoms with Crippen LogP contribution < -0.4 is 5.32 Å². The second-order valence-electron chi connectivity index (χ2n) is 9.02. The van der Waals surface area contributed by atoms with Crippen LogP contribution in [0, 0.1) is 0 Å². The molecule has 3 aromatic rings. The molecule has 35 heavy (non-hydrogen) atoms. The van der Waals surface area contributed by atoms with Gasteiger partial charge in [0, 0.05) is 35.3 Å². The lowest BCUT2D eigenvalue weighted by molar-refractivity contribution is 0.104. The highest BCUT2D eigenvalue weighted by atomic mass is 35.5. The van der Waals surface area contributed by atoms with E-state index in [2.05, 4.69) is 59.6 Å². The number of carbonyl (C=O) groups excluding carboxylic acids is 1. The average molecular weight is 498 g/mol. The van der Waals surface area contributed by atoms with Crippen molar-refractivity contribution in [1.82, 2.24) is 19.6 Å². The highest BCUT2D eigenvalue weighted by Gasteiger charge is 2.30. The van der Waals surface area contributed by atoms with Gasteiger partial charge in [0.2, 0.25) is 0 Å². The van der Waals surface area contributed by atoms with Crippen molar-refractivity contribution in [3.05, 3.63) is 47.5 Å². The summed E-state index contributed by atoms with van der Waals surface area (Å²) in [4.78, 5) is 18.5. The van der Waals surface area contributed by atoms with Crippen LogP contribution in [0.4, 0.5) is 5.69 Å². The maximum atomic E-state index is 13.6. The van der Waals surface area contributed by atoms with Gasteiger partial charge in [0.05, 0.1) is 17.6 Å². The Kier molecular flexibility index (Phi) is 9.72. The molecule has 0 saturated carbocycles. The number of carbonyl (C=O) groups is 1. The third-order valence-corrected chi connectivity index (χ3v) is 7.21. The van der Waals surface area contributed by atoms with Gasteiger partial charge in [-0.3, -0.25) is 9.48 Å². The van der Waals surface area contributed by atoms with E-state index >= 15 is 0 Å². The number of aromatic nitrogens is 2. The minimum Gasteiger partial charge on any atom is -0.384 e. The molecule has 1 aromatic heterocycles. The highest BCUT2D eigenvalue weighted by molar-refractivity contribution is 6.27. The third kappa shape index (κ3) is 5.55. The molecule has 0 aliphatic heterocycles. The van der Waals surface area contributed by atoms with Crippen molar-refractivity contribution >= 4 is 34.8 Å². The van der Waals surface area contributed by atoms with Crippen LogP contribution >= 0.6 is 12.4 Å². The van der Waals surface area contributed by atoms with Gasteiger partial charge in [-0.2, -0.15) is 5.10 Å². The summed E-state index contributed by atoms with van der Waals surface area (Å²) < 4.78 is 2.09. The van der Waals surface area contributed by atoms with Gasteiger partial charge in [-0.15, -0.1) is 12.4 Å². The van der Waals surface area contributed by atoms with Gasteiger partial charge in [-0.1, -0.05) is 52.0 Å². The van der Waals surface area contributed by atoms with E-state index in [4.69, 9.17) is 5.10 Å². The third-order valence-electron chi connectivity index (χ3n) is 7.21. The van der Waals surface area contributed by atoms with Crippen molar-refractivity contribution in [2.24, 2.45) is 0 Å². The number of anilines is 1. The van der Waals surface area contributed by atoms with Crippen LogP contribution in [-0.4, -0.2) is 71.2 Å². The molecule has 0 saturated heterocycles. The number of fused-ring (bicyclic) bond motifs is 2. The number of ketones is 1. The molecule has 0 unspecified atom stereocenters. The molecule has 0 atom stereocenters. The second kappa shape index (κ2) is 12.5. The molecular formula is C28H40ClN5O. The summed E-state index contributed by atoms with van der Waals surface area (Å²) >= 11 is 0. The number of nitrogens with zero attached hydrogens (tertiary/aromatic N) is 4. The minimum absolute atomic E-state index is 0. The molecule has 0 amide bonds. The van der Waals surface area contributed by atoms with E-state index in [1.807, 2.05) is 24.3 Å². The van der Waals surface area contributed by atoms with Gasteiger partial charge in [-0.25, -0.2) is 0 Å². The molecule has 190 valence electrons. The fourth-order valence-electron chi connectivity index (χ4n) is 5.03. The molecule has 0 radical (unpaired) electrons. The summed E-state index contributed by atoms with van der Waals surface area (Å²) in [5.74, 6) is 0.0997. The molecule has 0 bridgehead atoms. The lowest BCUT2D eigenvalue weighted by Crippen LogP contribution is -2.27.